The molecule has 1 aromatic heterocycles. The van der Waals surface area contributed by atoms with Crippen molar-refractivity contribution in [3.63, 3.8) is 0 Å². The minimum atomic E-state index is -0.185. The largest absolute Gasteiger partial charge is 0.306 e. The first-order chi connectivity index (χ1) is 9.86. The maximum absolute atomic E-state index is 12.2. The maximum atomic E-state index is 12.2. The molecule has 3 rings (SSSR count). The zero-order chi connectivity index (χ0) is 15.2. The number of aromatic nitrogens is 2. The molecule has 1 heterocycles. The van der Waals surface area contributed by atoms with Gasteiger partial charge in [0, 0.05) is 11.0 Å². The Kier molecular flexibility index (Phi) is 3.52. The fourth-order valence-corrected chi connectivity index (χ4v) is 3.23. The first-order valence-electron chi connectivity index (χ1n) is 7.27. The highest BCUT2D eigenvalue weighted by atomic mass is 79.9. The van der Waals surface area contributed by atoms with E-state index in [9.17, 15) is 4.79 Å². The fraction of sp³-hybridized carbons (Fsp3) is 0.412. The van der Waals surface area contributed by atoms with Gasteiger partial charge in [0.1, 0.15) is 10.3 Å². The van der Waals surface area contributed by atoms with Gasteiger partial charge in [0.25, 0.3) is 5.56 Å². The summed E-state index contributed by atoms with van der Waals surface area (Å²) >= 11 is 3.36. The van der Waals surface area contributed by atoms with Crippen LogP contribution in [0.15, 0.2) is 33.5 Å². The monoisotopic (exact) mass is 346 g/mol. The lowest BCUT2D eigenvalue weighted by atomic mass is 9.92. The molecular weight excluding hydrogens is 328 g/mol. The van der Waals surface area contributed by atoms with Crippen LogP contribution in [0.3, 0.4) is 0 Å². The predicted molar refractivity (Wildman–Crippen MR) is 88.7 cm³/mol. The van der Waals surface area contributed by atoms with Gasteiger partial charge >= 0.3 is 0 Å². The van der Waals surface area contributed by atoms with Crippen LogP contribution in [-0.2, 0) is 5.41 Å². The van der Waals surface area contributed by atoms with Crippen molar-refractivity contribution < 1.29 is 0 Å². The van der Waals surface area contributed by atoms with Crippen LogP contribution < -0.4 is 5.56 Å². The van der Waals surface area contributed by atoms with E-state index >= 15 is 0 Å². The van der Waals surface area contributed by atoms with Gasteiger partial charge in [0.15, 0.2) is 0 Å². The Morgan fingerprint density at radius 2 is 2.00 bits per heavy atom. The number of aromatic amines is 1. The number of hydrogen-bond donors (Lipinski definition) is 1. The van der Waals surface area contributed by atoms with E-state index in [0.717, 1.165) is 11.3 Å². The topological polar surface area (TPSA) is 45.8 Å². The summed E-state index contributed by atoms with van der Waals surface area (Å²) < 4.78 is 0.525. The summed E-state index contributed by atoms with van der Waals surface area (Å²) in [5, 5.41) is 0. The minimum absolute atomic E-state index is 0.123. The normalized spacial score (nSPS) is 15.2. The second kappa shape index (κ2) is 5.09. The number of halogens is 1. The SMILES string of the molecule is CC(C)(C)c1nc(-c2cccc(C3CC3)c2)[nH]c(=O)c1Br. The van der Waals surface area contributed by atoms with E-state index < -0.39 is 0 Å². The Morgan fingerprint density at radius 3 is 2.62 bits per heavy atom. The number of benzene rings is 1. The van der Waals surface area contributed by atoms with Gasteiger partial charge in [0.2, 0.25) is 0 Å². The van der Waals surface area contributed by atoms with Gasteiger partial charge in [-0.05, 0) is 46.3 Å². The Morgan fingerprint density at radius 1 is 1.29 bits per heavy atom. The van der Waals surface area contributed by atoms with Crippen LogP contribution >= 0.6 is 15.9 Å². The molecule has 3 nitrogen and oxygen atoms in total. The summed E-state index contributed by atoms with van der Waals surface area (Å²) in [6, 6.07) is 8.35. The lowest BCUT2D eigenvalue weighted by Crippen LogP contribution is -2.22. The van der Waals surface area contributed by atoms with Crippen LogP contribution in [0.5, 0.6) is 0 Å². The predicted octanol–water partition coefficient (Wildman–Crippen LogP) is 4.37. The zero-order valence-corrected chi connectivity index (χ0v) is 14.1. The molecule has 21 heavy (non-hydrogen) atoms. The third-order valence-corrected chi connectivity index (χ3v) is 4.52. The number of nitrogens with zero attached hydrogens (tertiary/aromatic N) is 1. The molecule has 1 aromatic carbocycles. The molecule has 4 heteroatoms. The fourth-order valence-electron chi connectivity index (χ4n) is 2.45. The summed E-state index contributed by atoms with van der Waals surface area (Å²) in [5.41, 5.74) is 2.81. The summed E-state index contributed by atoms with van der Waals surface area (Å²) in [7, 11) is 0. The van der Waals surface area contributed by atoms with Crippen LogP contribution in [-0.4, -0.2) is 9.97 Å². The third-order valence-electron chi connectivity index (χ3n) is 3.78. The van der Waals surface area contributed by atoms with Crippen LogP contribution in [0.25, 0.3) is 11.4 Å². The maximum Gasteiger partial charge on any atom is 0.265 e. The Hall–Kier alpha value is -1.42. The highest BCUT2D eigenvalue weighted by Gasteiger charge is 2.25. The van der Waals surface area contributed by atoms with Gasteiger partial charge < -0.3 is 4.98 Å². The van der Waals surface area contributed by atoms with Gasteiger partial charge in [-0.25, -0.2) is 4.98 Å². The molecule has 0 bridgehead atoms. The summed E-state index contributed by atoms with van der Waals surface area (Å²) in [4.78, 5) is 19.7. The Labute approximate surface area is 133 Å². The molecule has 0 radical (unpaired) electrons. The number of nitrogens with one attached hydrogen (secondary N) is 1. The molecule has 1 fully saturated rings. The van der Waals surface area contributed by atoms with Crippen molar-refractivity contribution in [2.75, 3.05) is 0 Å². The number of H-pyrrole nitrogens is 1. The van der Waals surface area contributed by atoms with Crippen LogP contribution in [0.1, 0.15) is 50.8 Å². The van der Waals surface area contributed by atoms with E-state index in [2.05, 4.69) is 53.8 Å². The Balaban J connectivity index is 2.12. The average Bonchev–Trinajstić information content (AvgIpc) is 3.25. The highest BCUT2D eigenvalue weighted by Crippen LogP contribution is 2.40. The highest BCUT2D eigenvalue weighted by molar-refractivity contribution is 9.10. The average molecular weight is 347 g/mol. The first-order valence-corrected chi connectivity index (χ1v) is 8.06. The molecule has 0 spiro atoms. The summed E-state index contributed by atoms with van der Waals surface area (Å²) in [5.74, 6) is 1.34. The Bertz CT molecular complexity index is 739. The lowest BCUT2D eigenvalue weighted by molar-refractivity contribution is 0.562. The quantitative estimate of drug-likeness (QED) is 0.877. The molecular formula is C17H19BrN2O. The van der Waals surface area contributed by atoms with E-state index in [4.69, 9.17) is 4.98 Å². The van der Waals surface area contributed by atoms with Crippen molar-refractivity contribution in [1.82, 2.24) is 9.97 Å². The van der Waals surface area contributed by atoms with Crippen molar-refractivity contribution >= 4 is 15.9 Å². The molecule has 1 saturated carbocycles. The number of rotatable bonds is 2. The molecule has 0 aliphatic heterocycles. The van der Waals surface area contributed by atoms with Crippen molar-refractivity contribution in [3.05, 3.63) is 50.3 Å². The van der Waals surface area contributed by atoms with Crippen molar-refractivity contribution in [2.24, 2.45) is 0 Å². The molecule has 1 N–H and O–H groups in total. The molecule has 2 aromatic rings. The number of hydrogen-bond acceptors (Lipinski definition) is 2. The van der Waals surface area contributed by atoms with Crippen molar-refractivity contribution in [1.29, 1.82) is 0 Å². The molecule has 1 aliphatic rings. The second-order valence-electron chi connectivity index (χ2n) is 6.73. The first kappa shape index (κ1) is 14.5. The van der Waals surface area contributed by atoms with E-state index in [1.807, 2.05) is 12.1 Å². The van der Waals surface area contributed by atoms with Gasteiger partial charge in [-0.1, -0.05) is 39.0 Å². The van der Waals surface area contributed by atoms with Gasteiger partial charge in [-0.2, -0.15) is 0 Å². The molecule has 0 atom stereocenters. The second-order valence-corrected chi connectivity index (χ2v) is 7.52. The van der Waals surface area contributed by atoms with Crippen molar-refractivity contribution in [3.8, 4) is 11.4 Å². The van der Waals surface area contributed by atoms with Gasteiger partial charge in [0.05, 0.1) is 5.69 Å². The smallest absolute Gasteiger partial charge is 0.265 e. The third kappa shape index (κ3) is 2.95. The van der Waals surface area contributed by atoms with E-state index in [1.54, 1.807) is 0 Å². The summed E-state index contributed by atoms with van der Waals surface area (Å²) in [6.45, 7) is 6.18. The molecule has 1 aliphatic carbocycles. The zero-order valence-electron chi connectivity index (χ0n) is 12.5. The molecule has 0 saturated heterocycles. The van der Waals surface area contributed by atoms with E-state index in [1.165, 1.54) is 18.4 Å². The van der Waals surface area contributed by atoms with Gasteiger partial charge in [-0.3, -0.25) is 4.79 Å². The lowest BCUT2D eigenvalue weighted by Gasteiger charge is -2.19. The molecule has 110 valence electrons. The van der Waals surface area contributed by atoms with Gasteiger partial charge in [-0.15, -0.1) is 0 Å². The standard InChI is InChI=1S/C17H19BrN2O/c1-17(2,3)14-13(18)16(21)20-15(19-14)12-6-4-5-11(9-12)10-7-8-10/h4-6,9-10H,7-8H2,1-3H3,(H,19,20,21). The van der Waals surface area contributed by atoms with Crippen LogP contribution in [0.4, 0.5) is 0 Å². The minimum Gasteiger partial charge on any atom is -0.306 e. The molecule has 0 unspecified atom stereocenters. The molecule has 0 amide bonds. The summed E-state index contributed by atoms with van der Waals surface area (Å²) in [6.07, 6.45) is 2.53. The van der Waals surface area contributed by atoms with E-state index in [0.29, 0.717) is 16.2 Å². The van der Waals surface area contributed by atoms with Crippen LogP contribution in [0.2, 0.25) is 0 Å². The van der Waals surface area contributed by atoms with Crippen LogP contribution in [0, 0.1) is 0 Å². The van der Waals surface area contributed by atoms with E-state index in [-0.39, 0.29) is 11.0 Å². The van der Waals surface area contributed by atoms with Crippen molar-refractivity contribution in [2.45, 2.75) is 44.9 Å².